The third-order valence-electron chi connectivity index (χ3n) is 24.8. The number of aromatic nitrogens is 8. The first-order valence-electron chi connectivity index (χ1n) is 40.4. The van der Waals surface area contributed by atoms with Crippen LogP contribution in [-0.2, 0) is 0 Å². The van der Waals surface area contributed by atoms with Gasteiger partial charge in [0.2, 0.25) is 0 Å². The predicted molar refractivity (Wildman–Crippen MR) is 493 cm³/mol. The highest BCUT2D eigenvalue weighted by Gasteiger charge is 2.25. The summed E-state index contributed by atoms with van der Waals surface area (Å²) in [6, 6.07) is 151. The zero-order valence-corrected chi connectivity index (χ0v) is 63.8. The molecule has 7 aromatic heterocycles. The van der Waals surface area contributed by atoms with Gasteiger partial charge in [-0.25, -0.2) is 9.97 Å². The number of fused-ring (bicyclic) bond motifs is 19. The second-order valence-corrected chi connectivity index (χ2v) is 31.2. The van der Waals surface area contributed by atoms with Crippen molar-refractivity contribution < 1.29 is 0 Å². The van der Waals surface area contributed by atoms with Crippen molar-refractivity contribution in [2.75, 3.05) is 0 Å². The maximum atomic E-state index is 5.85. The van der Waals surface area contributed by atoms with E-state index in [1.807, 2.05) is 0 Å². The average Bonchev–Trinajstić information content (AvgIpc) is 1.59. The lowest BCUT2D eigenvalue weighted by molar-refractivity contribution is 1.07. The van der Waals surface area contributed by atoms with Crippen LogP contribution in [0.1, 0.15) is 0 Å². The summed E-state index contributed by atoms with van der Waals surface area (Å²) in [4.78, 5) is 11.4. The number of para-hydroxylation sites is 9. The number of hydrogen-bond donors (Lipinski definition) is 0. The van der Waals surface area contributed by atoms with E-state index in [0.717, 1.165) is 139 Å². The van der Waals surface area contributed by atoms with E-state index in [0.29, 0.717) is 5.82 Å². The largest absolute Gasteiger partial charge is 0.309 e. The summed E-state index contributed by atoms with van der Waals surface area (Å²) in [5.74, 6) is 1.43. The molecule has 0 radical (unpaired) electrons. The Morgan fingerprint density at radius 3 is 0.669 bits per heavy atom. The van der Waals surface area contributed by atoms with Gasteiger partial charge in [0.05, 0.1) is 71.7 Å². The van der Waals surface area contributed by atoms with Crippen molar-refractivity contribution in [3.63, 3.8) is 0 Å². The molecule has 0 aliphatic heterocycles. The van der Waals surface area contributed by atoms with Crippen molar-refractivity contribution in [3.8, 4) is 90.2 Å². The second-order valence-electron chi connectivity index (χ2n) is 31.2. The first-order chi connectivity index (χ1) is 58.5. The third-order valence-corrected chi connectivity index (χ3v) is 24.8. The molecule has 25 rings (SSSR count). The summed E-state index contributed by atoms with van der Waals surface area (Å²) >= 11 is 0. The van der Waals surface area contributed by atoms with Crippen molar-refractivity contribution in [2.45, 2.75) is 0 Å². The van der Waals surface area contributed by atoms with Gasteiger partial charge in [0, 0.05) is 104 Å². The molecule has 548 valence electrons. The average molecular weight is 1500 g/mol. The Balaban J connectivity index is 0.664. The molecule has 0 N–H and O–H groups in total. The highest BCUT2D eigenvalue weighted by atomic mass is 15.1. The molecule has 0 unspecified atom stereocenters. The molecule has 0 aliphatic rings. The topological polar surface area (TPSA) is 55.4 Å². The molecule has 25 aromatic rings. The van der Waals surface area contributed by atoms with Gasteiger partial charge in [0.15, 0.2) is 5.82 Å². The highest BCUT2D eigenvalue weighted by Crippen LogP contribution is 2.46. The summed E-state index contributed by atoms with van der Waals surface area (Å²) in [7, 11) is 0. The quantitative estimate of drug-likeness (QED) is 0.130. The SMILES string of the molecule is c1ccc(-n2c3ccccc3c3cc(-c4ccc5c(c4)c4cc(-c6ccc7c(c6)c6ccccc6n7-c6ccccc6)ccc4n5-c4cccc(-c5nc(-n6c7ccc(-c8ccc9c(c8)c8ccccc8n9-c8ccccc8)cc7c7cc(-c8ccc9c(c8)c8ccccc8n9-c8ccccc8)ccc76)c6ccccc6n5)c4)ccc32)cc1. The van der Waals surface area contributed by atoms with Crippen LogP contribution in [-0.4, -0.2) is 37.4 Å². The van der Waals surface area contributed by atoms with E-state index in [-0.39, 0.29) is 0 Å². The van der Waals surface area contributed by atoms with Crippen LogP contribution in [0, 0.1) is 0 Å². The van der Waals surface area contributed by atoms with Crippen molar-refractivity contribution in [1.29, 1.82) is 0 Å². The van der Waals surface area contributed by atoms with Crippen LogP contribution in [0.4, 0.5) is 0 Å². The molecule has 0 amide bonds. The molecule has 8 nitrogen and oxygen atoms in total. The molecule has 0 saturated heterocycles. The van der Waals surface area contributed by atoms with Crippen molar-refractivity contribution >= 4 is 142 Å². The Labute approximate surface area is 677 Å². The lowest BCUT2D eigenvalue weighted by Crippen LogP contribution is -2.03. The lowest BCUT2D eigenvalue weighted by Gasteiger charge is -2.14. The predicted octanol–water partition coefficient (Wildman–Crippen LogP) is 28.5. The Hall–Kier alpha value is -15.9. The van der Waals surface area contributed by atoms with Gasteiger partial charge in [-0.2, -0.15) is 0 Å². The van der Waals surface area contributed by atoms with Gasteiger partial charge >= 0.3 is 0 Å². The molecule has 7 heterocycles. The fraction of sp³-hybridized carbons (Fsp3) is 0. The van der Waals surface area contributed by atoms with E-state index < -0.39 is 0 Å². The molecule has 118 heavy (non-hydrogen) atoms. The van der Waals surface area contributed by atoms with Gasteiger partial charge in [-0.3, -0.25) is 4.57 Å². The van der Waals surface area contributed by atoms with E-state index in [2.05, 4.69) is 440 Å². The summed E-state index contributed by atoms with van der Waals surface area (Å²) < 4.78 is 14.4. The van der Waals surface area contributed by atoms with Gasteiger partial charge in [-0.1, -0.05) is 218 Å². The number of nitrogens with zero attached hydrogens (tertiary/aromatic N) is 8. The van der Waals surface area contributed by atoms with Crippen LogP contribution in [0.2, 0.25) is 0 Å². The molecule has 0 aliphatic carbocycles. The molecule has 0 fully saturated rings. The Bertz CT molecular complexity index is 8060. The summed E-state index contributed by atoms with van der Waals surface area (Å²) in [5, 5.41) is 15.2. The minimum absolute atomic E-state index is 0.628. The first kappa shape index (κ1) is 65.6. The molecule has 0 bridgehead atoms. The zero-order valence-electron chi connectivity index (χ0n) is 63.8. The maximum Gasteiger partial charge on any atom is 0.162 e. The van der Waals surface area contributed by atoms with Crippen LogP contribution in [0.15, 0.2) is 413 Å². The van der Waals surface area contributed by atoms with E-state index in [1.165, 1.54) is 87.2 Å². The van der Waals surface area contributed by atoms with E-state index in [1.54, 1.807) is 0 Å². The lowest BCUT2D eigenvalue weighted by atomic mass is 9.98. The zero-order chi connectivity index (χ0) is 77.2. The smallest absolute Gasteiger partial charge is 0.162 e. The Morgan fingerprint density at radius 1 is 0.136 bits per heavy atom. The standard InChI is InChI=1S/C110H68N8/c1-5-25-78(26-6-1)113-97-40-19-14-34-83(97)88-61-69(44-52-101(88)113)73-48-56-105-92(65-73)93-66-74(70-45-53-102-89(62-70)84-35-15-20-41-98(84)114(102)79-27-7-2-8-28-79)49-57-106(93)117(105)82-33-23-24-77(60-82)109-111-96-39-18-13-38-87(96)110(112-109)118-107-58-50-75(71-46-54-103-90(63-71)85-36-16-21-42-99(85)115(103)80-29-9-3-10-30-80)67-94(107)95-68-76(51-59-108(95)118)72-47-55-104-91(64-72)86-37-17-22-43-100(86)116(104)81-31-11-4-12-32-81/h1-68H. The van der Waals surface area contributed by atoms with Crippen LogP contribution >= 0.6 is 0 Å². The van der Waals surface area contributed by atoms with Crippen LogP contribution in [0.25, 0.3) is 232 Å². The van der Waals surface area contributed by atoms with Crippen LogP contribution < -0.4 is 0 Å². The third kappa shape index (κ3) is 10.0. The summed E-state index contributed by atoms with van der Waals surface area (Å²) in [6.45, 7) is 0. The summed E-state index contributed by atoms with van der Waals surface area (Å²) in [6.07, 6.45) is 0. The van der Waals surface area contributed by atoms with Gasteiger partial charge in [0.1, 0.15) is 5.82 Å². The van der Waals surface area contributed by atoms with Gasteiger partial charge < -0.3 is 22.8 Å². The van der Waals surface area contributed by atoms with E-state index in [4.69, 9.17) is 9.97 Å². The van der Waals surface area contributed by atoms with Gasteiger partial charge in [-0.15, -0.1) is 0 Å². The van der Waals surface area contributed by atoms with Crippen molar-refractivity contribution in [2.24, 2.45) is 0 Å². The molecule has 8 heteroatoms. The fourth-order valence-electron chi connectivity index (χ4n) is 19.4. The minimum atomic E-state index is 0.628. The van der Waals surface area contributed by atoms with E-state index in [9.17, 15) is 0 Å². The highest BCUT2D eigenvalue weighted by molar-refractivity contribution is 6.18. The Kier molecular flexibility index (Phi) is 14.4. The van der Waals surface area contributed by atoms with Gasteiger partial charge in [-0.05, 0) is 239 Å². The monoisotopic (exact) mass is 1500 g/mol. The fourth-order valence-corrected chi connectivity index (χ4v) is 19.4. The molecular formula is C110H68N8. The Morgan fingerprint density at radius 2 is 0.364 bits per heavy atom. The minimum Gasteiger partial charge on any atom is -0.309 e. The van der Waals surface area contributed by atoms with E-state index >= 15 is 0 Å². The molecule has 0 spiro atoms. The number of rotatable bonds is 11. The van der Waals surface area contributed by atoms with Crippen molar-refractivity contribution in [1.82, 2.24) is 37.4 Å². The number of benzene rings is 18. The van der Waals surface area contributed by atoms with Crippen LogP contribution in [0.5, 0.6) is 0 Å². The molecular weight excluding hydrogens is 1430 g/mol. The first-order valence-corrected chi connectivity index (χ1v) is 40.4. The van der Waals surface area contributed by atoms with Gasteiger partial charge in [0.25, 0.3) is 0 Å². The van der Waals surface area contributed by atoms with Crippen molar-refractivity contribution in [3.05, 3.63) is 413 Å². The normalized spacial score (nSPS) is 12.1. The maximum absolute atomic E-state index is 5.85. The molecule has 0 atom stereocenters. The summed E-state index contributed by atoms with van der Waals surface area (Å²) in [5.41, 5.74) is 30.1. The number of hydrogen-bond acceptors (Lipinski definition) is 2. The second kappa shape index (κ2) is 25.8. The van der Waals surface area contributed by atoms with Crippen LogP contribution in [0.3, 0.4) is 0 Å². The molecule has 0 saturated carbocycles. The molecule has 18 aromatic carbocycles.